The van der Waals surface area contributed by atoms with Crippen molar-refractivity contribution in [1.82, 2.24) is 10.2 Å². The molecule has 5 nitrogen and oxygen atoms in total. The van der Waals surface area contributed by atoms with Crippen LogP contribution in [-0.2, 0) is 0 Å². The van der Waals surface area contributed by atoms with Crippen LogP contribution in [0.1, 0.15) is 20.8 Å². The Labute approximate surface area is 141 Å². The van der Waals surface area contributed by atoms with Crippen LogP contribution in [0.15, 0.2) is 22.7 Å². The molecular formula is C16H26BrN3O2. The lowest BCUT2D eigenvalue weighted by atomic mass is 9.85. The molecule has 124 valence electrons. The van der Waals surface area contributed by atoms with E-state index in [9.17, 15) is 4.79 Å². The van der Waals surface area contributed by atoms with E-state index in [1.165, 1.54) is 0 Å². The monoisotopic (exact) mass is 371 g/mol. The second-order valence-electron chi connectivity index (χ2n) is 6.39. The fourth-order valence-electron chi connectivity index (χ4n) is 2.28. The maximum atomic E-state index is 12.2. The Kier molecular flexibility index (Phi) is 6.68. The van der Waals surface area contributed by atoms with Crippen molar-refractivity contribution in [3.05, 3.63) is 22.7 Å². The van der Waals surface area contributed by atoms with Gasteiger partial charge in [0.25, 0.3) is 0 Å². The van der Waals surface area contributed by atoms with Gasteiger partial charge in [-0.25, -0.2) is 4.79 Å². The molecule has 6 heteroatoms. The summed E-state index contributed by atoms with van der Waals surface area (Å²) >= 11 is 3.39. The molecular weight excluding hydrogens is 346 g/mol. The van der Waals surface area contributed by atoms with Gasteiger partial charge < -0.3 is 20.3 Å². The van der Waals surface area contributed by atoms with E-state index in [1.807, 2.05) is 33.2 Å². The standard InChI is InChI=1S/C16H26BrN3O2/c1-11(16(2,3)10-20(4)5)18-15(21)19-13-9-12(17)7-8-14(13)22-6/h7-9,11H,10H2,1-6H3,(H2,18,19,21). The molecule has 2 amide bonds. The maximum absolute atomic E-state index is 12.2. The maximum Gasteiger partial charge on any atom is 0.319 e. The summed E-state index contributed by atoms with van der Waals surface area (Å²) in [5.41, 5.74) is 0.592. The highest BCUT2D eigenvalue weighted by molar-refractivity contribution is 9.10. The van der Waals surface area contributed by atoms with Crippen LogP contribution in [0.2, 0.25) is 0 Å². The second-order valence-corrected chi connectivity index (χ2v) is 7.31. The van der Waals surface area contributed by atoms with Crippen molar-refractivity contribution >= 4 is 27.6 Å². The van der Waals surface area contributed by atoms with Crippen molar-refractivity contribution in [3.8, 4) is 5.75 Å². The number of nitrogens with zero attached hydrogens (tertiary/aromatic N) is 1. The number of amides is 2. The van der Waals surface area contributed by atoms with E-state index in [4.69, 9.17) is 4.74 Å². The molecule has 0 aromatic heterocycles. The third-order valence-electron chi connectivity index (χ3n) is 3.65. The first-order valence-electron chi connectivity index (χ1n) is 7.21. The van der Waals surface area contributed by atoms with Crippen LogP contribution in [0.25, 0.3) is 0 Å². The minimum Gasteiger partial charge on any atom is -0.495 e. The molecule has 1 rings (SSSR count). The smallest absolute Gasteiger partial charge is 0.319 e. The molecule has 0 fully saturated rings. The lowest BCUT2D eigenvalue weighted by Gasteiger charge is -2.34. The molecule has 0 aliphatic heterocycles. The highest BCUT2D eigenvalue weighted by Gasteiger charge is 2.28. The largest absolute Gasteiger partial charge is 0.495 e. The van der Waals surface area contributed by atoms with Gasteiger partial charge in [0.2, 0.25) is 0 Å². The quantitative estimate of drug-likeness (QED) is 0.803. The number of methoxy groups -OCH3 is 1. The van der Waals surface area contributed by atoms with E-state index >= 15 is 0 Å². The van der Waals surface area contributed by atoms with Gasteiger partial charge in [0.15, 0.2) is 0 Å². The molecule has 2 N–H and O–H groups in total. The lowest BCUT2D eigenvalue weighted by molar-refractivity contribution is 0.183. The number of ether oxygens (including phenoxy) is 1. The summed E-state index contributed by atoms with van der Waals surface area (Å²) in [6.07, 6.45) is 0. The first-order valence-corrected chi connectivity index (χ1v) is 8.01. The Morgan fingerprint density at radius 3 is 2.59 bits per heavy atom. The molecule has 0 saturated heterocycles. The molecule has 0 heterocycles. The van der Waals surface area contributed by atoms with Crippen molar-refractivity contribution in [3.63, 3.8) is 0 Å². The number of rotatable bonds is 6. The number of benzene rings is 1. The Bertz CT molecular complexity index is 518. The predicted molar refractivity (Wildman–Crippen MR) is 94.6 cm³/mol. The predicted octanol–water partition coefficient (Wildman–Crippen LogP) is 3.56. The van der Waals surface area contributed by atoms with Crippen LogP contribution >= 0.6 is 15.9 Å². The number of nitrogens with one attached hydrogen (secondary N) is 2. The summed E-state index contributed by atoms with van der Waals surface area (Å²) in [5, 5.41) is 5.84. The van der Waals surface area contributed by atoms with E-state index in [-0.39, 0.29) is 17.5 Å². The average Bonchev–Trinajstić information content (AvgIpc) is 2.37. The zero-order valence-corrected chi connectivity index (χ0v) is 15.7. The van der Waals surface area contributed by atoms with Gasteiger partial charge in [-0.15, -0.1) is 0 Å². The van der Waals surface area contributed by atoms with Gasteiger partial charge in [-0.3, -0.25) is 0 Å². The van der Waals surface area contributed by atoms with Crippen LogP contribution in [0, 0.1) is 5.41 Å². The summed E-state index contributed by atoms with van der Waals surface area (Å²) in [4.78, 5) is 14.3. The summed E-state index contributed by atoms with van der Waals surface area (Å²) in [6, 6.07) is 5.27. The van der Waals surface area contributed by atoms with Gasteiger partial charge in [0.05, 0.1) is 12.8 Å². The number of hydrogen-bond donors (Lipinski definition) is 2. The molecule has 0 aliphatic rings. The Morgan fingerprint density at radius 2 is 2.05 bits per heavy atom. The molecule has 1 aromatic rings. The van der Waals surface area contributed by atoms with Crippen molar-refractivity contribution < 1.29 is 9.53 Å². The second kappa shape index (κ2) is 7.83. The van der Waals surface area contributed by atoms with E-state index in [1.54, 1.807) is 13.2 Å². The molecule has 0 aliphatic carbocycles. The third kappa shape index (κ3) is 5.50. The highest BCUT2D eigenvalue weighted by Crippen LogP contribution is 2.28. The summed E-state index contributed by atoms with van der Waals surface area (Å²) in [7, 11) is 5.64. The van der Waals surface area contributed by atoms with Gasteiger partial charge in [-0.05, 0) is 44.6 Å². The third-order valence-corrected chi connectivity index (χ3v) is 4.15. The van der Waals surface area contributed by atoms with Crippen LogP contribution < -0.4 is 15.4 Å². The summed E-state index contributed by atoms with van der Waals surface area (Å²) in [6.45, 7) is 7.17. The first kappa shape index (κ1) is 18.8. The van der Waals surface area contributed by atoms with Crippen LogP contribution in [0.3, 0.4) is 0 Å². The fourth-order valence-corrected chi connectivity index (χ4v) is 2.64. The van der Waals surface area contributed by atoms with Crippen molar-refractivity contribution in [2.24, 2.45) is 5.41 Å². The number of hydrogen-bond acceptors (Lipinski definition) is 3. The number of anilines is 1. The number of carbonyl (C=O) groups is 1. The average molecular weight is 372 g/mol. The zero-order chi connectivity index (χ0) is 16.9. The number of carbonyl (C=O) groups excluding carboxylic acids is 1. The lowest BCUT2D eigenvalue weighted by Crippen LogP contribution is -2.48. The highest BCUT2D eigenvalue weighted by atomic mass is 79.9. The van der Waals surface area contributed by atoms with Crippen LogP contribution in [-0.4, -0.2) is 44.7 Å². The molecule has 22 heavy (non-hydrogen) atoms. The minimum atomic E-state index is -0.240. The van der Waals surface area contributed by atoms with Gasteiger partial charge >= 0.3 is 6.03 Å². The van der Waals surface area contributed by atoms with Gasteiger partial charge in [0, 0.05) is 17.1 Å². The normalized spacial score (nSPS) is 12.9. The topological polar surface area (TPSA) is 53.6 Å². The summed E-state index contributed by atoms with van der Waals surface area (Å²) in [5.74, 6) is 0.624. The van der Waals surface area contributed by atoms with E-state index < -0.39 is 0 Å². The Balaban J connectivity index is 2.72. The SMILES string of the molecule is COc1ccc(Br)cc1NC(=O)NC(C)C(C)(C)CN(C)C. The summed E-state index contributed by atoms with van der Waals surface area (Å²) < 4.78 is 6.14. The number of urea groups is 1. The Hall–Kier alpha value is -1.27. The Morgan fingerprint density at radius 1 is 1.41 bits per heavy atom. The first-order chi connectivity index (χ1) is 10.2. The van der Waals surface area contributed by atoms with Crippen LogP contribution in [0.4, 0.5) is 10.5 Å². The molecule has 0 radical (unpaired) electrons. The van der Waals surface area contributed by atoms with Crippen molar-refractivity contribution in [1.29, 1.82) is 0 Å². The zero-order valence-electron chi connectivity index (χ0n) is 14.2. The molecule has 1 atom stereocenters. The van der Waals surface area contributed by atoms with E-state index in [0.29, 0.717) is 11.4 Å². The van der Waals surface area contributed by atoms with Gasteiger partial charge in [0.1, 0.15) is 5.75 Å². The van der Waals surface area contributed by atoms with Gasteiger partial charge in [-0.1, -0.05) is 29.8 Å². The molecule has 0 bridgehead atoms. The molecule has 1 aromatic carbocycles. The van der Waals surface area contributed by atoms with Crippen LogP contribution in [0.5, 0.6) is 5.75 Å². The minimum absolute atomic E-state index is 0.0213. The molecule has 0 saturated carbocycles. The molecule has 1 unspecified atom stereocenters. The molecule has 0 spiro atoms. The number of halogens is 1. The van der Waals surface area contributed by atoms with E-state index in [0.717, 1.165) is 11.0 Å². The van der Waals surface area contributed by atoms with Crippen molar-refractivity contribution in [2.45, 2.75) is 26.8 Å². The van der Waals surface area contributed by atoms with E-state index in [2.05, 4.69) is 45.3 Å². The van der Waals surface area contributed by atoms with Gasteiger partial charge in [-0.2, -0.15) is 0 Å². The van der Waals surface area contributed by atoms with Crippen molar-refractivity contribution in [2.75, 3.05) is 33.1 Å². The fraction of sp³-hybridized carbons (Fsp3) is 0.562.